The molecule has 1 amide bonds. The summed E-state index contributed by atoms with van der Waals surface area (Å²) in [6.45, 7) is 0.907. The summed E-state index contributed by atoms with van der Waals surface area (Å²) >= 11 is 4.98. The Kier molecular flexibility index (Phi) is 5.97. The lowest BCUT2D eigenvalue weighted by atomic mass is 10.2. The zero-order valence-electron chi connectivity index (χ0n) is 9.03. The molecule has 4 nitrogen and oxygen atoms in total. The molecule has 1 aromatic rings. The molecule has 0 aromatic carbocycles. The number of carbonyl (C=O) groups excluding carboxylic acids is 1. The second-order valence-electron chi connectivity index (χ2n) is 3.28. The first kappa shape index (κ1) is 13.6. The average molecular weight is 307 g/mol. The standard InChI is InChI=1S/C10H15BrN2O2S/c1-15-7(5-12)4-10(14)13-6-8-2-3-9(11)16-8/h2-3,7H,4-6,12H2,1H3,(H,13,14). The number of carbonyl (C=O) groups is 1. The highest BCUT2D eigenvalue weighted by atomic mass is 79.9. The molecule has 1 aromatic heterocycles. The van der Waals surface area contributed by atoms with Crippen LogP contribution < -0.4 is 11.1 Å². The van der Waals surface area contributed by atoms with Crippen molar-refractivity contribution in [1.82, 2.24) is 5.32 Å². The van der Waals surface area contributed by atoms with Crippen LogP contribution in [0.1, 0.15) is 11.3 Å². The van der Waals surface area contributed by atoms with E-state index < -0.39 is 0 Å². The van der Waals surface area contributed by atoms with Crippen molar-refractivity contribution in [1.29, 1.82) is 0 Å². The molecule has 90 valence electrons. The lowest BCUT2D eigenvalue weighted by Gasteiger charge is -2.12. The van der Waals surface area contributed by atoms with Gasteiger partial charge in [-0.15, -0.1) is 11.3 Å². The maximum Gasteiger partial charge on any atom is 0.222 e. The van der Waals surface area contributed by atoms with Gasteiger partial charge in [-0.05, 0) is 28.1 Å². The van der Waals surface area contributed by atoms with Crippen LogP contribution in [0.4, 0.5) is 0 Å². The number of nitrogens with two attached hydrogens (primary N) is 1. The fraction of sp³-hybridized carbons (Fsp3) is 0.500. The third kappa shape index (κ3) is 4.61. The van der Waals surface area contributed by atoms with Crippen molar-refractivity contribution in [2.75, 3.05) is 13.7 Å². The molecule has 0 radical (unpaired) electrons. The molecule has 0 aliphatic heterocycles. The normalized spacial score (nSPS) is 12.4. The van der Waals surface area contributed by atoms with Crippen molar-refractivity contribution < 1.29 is 9.53 Å². The second kappa shape index (κ2) is 7.01. The Morgan fingerprint density at radius 3 is 2.94 bits per heavy atom. The van der Waals surface area contributed by atoms with E-state index in [0.717, 1.165) is 8.66 Å². The SMILES string of the molecule is COC(CN)CC(=O)NCc1ccc(Br)s1. The summed E-state index contributed by atoms with van der Waals surface area (Å²) < 4.78 is 6.10. The van der Waals surface area contributed by atoms with Crippen molar-refractivity contribution in [2.45, 2.75) is 19.1 Å². The van der Waals surface area contributed by atoms with Crippen LogP contribution in [0.5, 0.6) is 0 Å². The summed E-state index contributed by atoms with van der Waals surface area (Å²) in [5, 5.41) is 2.83. The number of rotatable bonds is 6. The largest absolute Gasteiger partial charge is 0.380 e. The van der Waals surface area contributed by atoms with Gasteiger partial charge in [0, 0.05) is 18.5 Å². The number of amides is 1. The molecular formula is C10H15BrN2O2S. The van der Waals surface area contributed by atoms with Crippen molar-refractivity contribution in [2.24, 2.45) is 5.73 Å². The van der Waals surface area contributed by atoms with E-state index >= 15 is 0 Å². The number of methoxy groups -OCH3 is 1. The van der Waals surface area contributed by atoms with Gasteiger partial charge in [-0.1, -0.05) is 0 Å². The van der Waals surface area contributed by atoms with Crippen molar-refractivity contribution in [3.8, 4) is 0 Å². The van der Waals surface area contributed by atoms with Gasteiger partial charge in [-0.25, -0.2) is 0 Å². The minimum absolute atomic E-state index is 0.0400. The maximum absolute atomic E-state index is 11.5. The van der Waals surface area contributed by atoms with Crippen LogP contribution in [0.2, 0.25) is 0 Å². The maximum atomic E-state index is 11.5. The molecule has 0 saturated heterocycles. The molecular weight excluding hydrogens is 292 g/mol. The third-order valence-electron chi connectivity index (χ3n) is 2.10. The molecule has 1 unspecified atom stereocenters. The molecule has 1 atom stereocenters. The number of halogens is 1. The van der Waals surface area contributed by atoms with Gasteiger partial charge in [0.25, 0.3) is 0 Å². The van der Waals surface area contributed by atoms with E-state index in [1.54, 1.807) is 18.4 Å². The Balaban J connectivity index is 2.30. The summed E-state index contributed by atoms with van der Waals surface area (Å²) in [7, 11) is 1.56. The highest BCUT2D eigenvalue weighted by molar-refractivity contribution is 9.11. The van der Waals surface area contributed by atoms with Crippen LogP contribution in [0.25, 0.3) is 0 Å². The predicted molar refractivity (Wildman–Crippen MR) is 68.3 cm³/mol. The lowest BCUT2D eigenvalue weighted by Crippen LogP contribution is -2.31. The topological polar surface area (TPSA) is 64.3 Å². The molecule has 0 fully saturated rings. The Hall–Kier alpha value is -0.430. The van der Waals surface area contributed by atoms with Gasteiger partial charge in [0.05, 0.1) is 22.9 Å². The van der Waals surface area contributed by atoms with Gasteiger partial charge in [0.15, 0.2) is 0 Å². The Bertz CT molecular complexity index is 339. The molecule has 0 saturated carbocycles. The van der Waals surface area contributed by atoms with Gasteiger partial charge < -0.3 is 15.8 Å². The minimum atomic E-state index is -0.199. The Labute approximate surface area is 107 Å². The molecule has 3 N–H and O–H groups in total. The highest BCUT2D eigenvalue weighted by Crippen LogP contribution is 2.21. The highest BCUT2D eigenvalue weighted by Gasteiger charge is 2.11. The fourth-order valence-electron chi connectivity index (χ4n) is 1.17. The first-order chi connectivity index (χ1) is 7.65. The number of thiophene rings is 1. The molecule has 0 spiro atoms. The predicted octanol–water partition coefficient (Wildman–Crippen LogP) is 1.49. The van der Waals surface area contributed by atoms with Crippen LogP contribution in [-0.4, -0.2) is 25.7 Å². The number of hydrogen-bond donors (Lipinski definition) is 2. The van der Waals surface area contributed by atoms with Gasteiger partial charge >= 0.3 is 0 Å². The van der Waals surface area contributed by atoms with Crippen LogP contribution in [0.15, 0.2) is 15.9 Å². The summed E-state index contributed by atoms with van der Waals surface area (Å²) in [5.74, 6) is -0.0400. The van der Waals surface area contributed by atoms with E-state index in [-0.39, 0.29) is 12.0 Å². The zero-order valence-corrected chi connectivity index (χ0v) is 11.4. The minimum Gasteiger partial charge on any atom is -0.380 e. The number of hydrogen-bond acceptors (Lipinski definition) is 4. The Morgan fingerprint density at radius 1 is 1.69 bits per heavy atom. The van der Waals surface area contributed by atoms with E-state index in [9.17, 15) is 4.79 Å². The fourth-order valence-corrected chi connectivity index (χ4v) is 2.60. The van der Waals surface area contributed by atoms with Crippen LogP contribution in [-0.2, 0) is 16.1 Å². The zero-order chi connectivity index (χ0) is 12.0. The summed E-state index contributed by atoms with van der Waals surface area (Å²) in [6.07, 6.45) is 0.106. The molecule has 1 rings (SSSR count). The lowest BCUT2D eigenvalue weighted by molar-refractivity contribution is -0.123. The van der Waals surface area contributed by atoms with Crippen molar-refractivity contribution >= 4 is 33.2 Å². The smallest absolute Gasteiger partial charge is 0.222 e. The van der Waals surface area contributed by atoms with Crippen LogP contribution in [0, 0.1) is 0 Å². The number of nitrogens with one attached hydrogen (secondary N) is 1. The monoisotopic (exact) mass is 306 g/mol. The van der Waals surface area contributed by atoms with Crippen molar-refractivity contribution in [3.63, 3.8) is 0 Å². The van der Waals surface area contributed by atoms with E-state index in [1.165, 1.54) is 0 Å². The van der Waals surface area contributed by atoms with E-state index in [2.05, 4.69) is 21.2 Å². The molecule has 0 aliphatic rings. The molecule has 16 heavy (non-hydrogen) atoms. The summed E-state index contributed by atoms with van der Waals surface area (Å²) in [5.41, 5.74) is 5.43. The second-order valence-corrected chi connectivity index (χ2v) is 5.83. The first-order valence-corrected chi connectivity index (χ1v) is 6.50. The molecule has 1 heterocycles. The van der Waals surface area contributed by atoms with E-state index in [4.69, 9.17) is 10.5 Å². The summed E-state index contributed by atoms with van der Waals surface area (Å²) in [6, 6.07) is 3.94. The van der Waals surface area contributed by atoms with Gasteiger partial charge in [0.2, 0.25) is 5.91 Å². The molecule has 6 heteroatoms. The van der Waals surface area contributed by atoms with E-state index in [1.807, 2.05) is 12.1 Å². The average Bonchev–Trinajstić information content (AvgIpc) is 2.69. The van der Waals surface area contributed by atoms with Crippen LogP contribution >= 0.6 is 27.3 Å². The van der Waals surface area contributed by atoms with Gasteiger partial charge in [-0.3, -0.25) is 4.79 Å². The molecule has 0 bridgehead atoms. The van der Waals surface area contributed by atoms with E-state index in [0.29, 0.717) is 19.5 Å². The number of ether oxygens (including phenoxy) is 1. The molecule has 0 aliphatic carbocycles. The van der Waals surface area contributed by atoms with Crippen LogP contribution in [0.3, 0.4) is 0 Å². The quantitative estimate of drug-likeness (QED) is 0.837. The van der Waals surface area contributed by atoms with Crippen molar-refractivity contribution in [3.05, 3.63) is 20.8 Å². The van der Waals surface area contributed by atoms with Gasteiger partial charge in [-0.2, -0.15) is 0 Å². The Morgan fingerprint density at radius 2 is 2.44 bits per heavy atom. The van der Waals surface area contributed by atoms with Gasteiger partial charge in [0.1, 0.15) is 0 Å². The third-order valence-corrected chi connectivity index (χ3v) is 3.72. The first-order valence-electron chi connectivity index (χ1n) is 4.89. The summed E-state index contributed by atoms with van der Waals surface area (Å²) in [4.78, 5) is 12.6.